The lowest BCUT2D eigenvalue weighted by molar-refractivity contribution is 0.341. The van der Waals surface area contributed by atoms with E-state index in [-0.39, 0.29) is 0 Å². The summed E-state index contributed by atoms with van der Waals surface area (Å²) in [5.74, 6) is 2.81. The number of hydrogen-bond acceptors (Lipinski definition) is 5. The molecule has 0 radical (unpaired) electrons. The van der Waals surface area contributed by atoms with Crippen molar-refractivity contribution >= 4 is 0 Å². The van der Waals surface area contributed by atoms with Gasteiger partial charge in [-0.15, -0.1) is 0 Å². The summed E-state index contributed by atoms with van der Waals surface area (Å²) in [6.45, 7) is 2.21. The highest BCUT2D eigenvalue weighted by Gasteiger charge is 2.17. The summed E-state index contributed by atoms with van der Waals surface area (Å²) >= 11 is 0. The first-order valence-electron chi connectivity index (χ1n) is 7.53. The minimum absolute atomic E-state index is 0.635. The topological polar surface area (TPSA) is 60.2 Å². The van der Waals surface area contributed by atoms with E-state index in [0.717, 1.165) is 36.7 Å². The number of methoxy groups -OCH3 is 1. The molecule has 0 amide bonds. The third-order valence-corrected chi connectivity index (χ3v) is 3.95. The van der Waals surface area contributed by atoms with Crippen LogP contribution < -0.4 is 10.1 Å². The van der Waals surface area contributed by atoms with Gasteiger partial charge in [0.2, 0.25) is 11.7 Å². The molecule has 2 aromatic rings. The lowest BCUT2D eigenvalue weighted by atomic mass is 9.97. The lowest BCUT2D eigenvalue weighted by Gasteiger charge is -2.09. The van der Waals surface area contributed by atoms with Crippen molar-refractivity contribution in [1.29, 1.82) is 0 Å². The van der Waals surface area contributed by atoms with Gasteiger partial charge in [0.05, 0.1) is 7.11 Å². The highest BCUT2D eigenvalue weighted by molar-refractivity contribution is 5.56. The summed E-state index contributed by atoms with van der Waals surface area (Å²) in [6, 6.07) is 7.72. The fraction of sp³-hybridized carbons (Fsp3) is 0.500. The highest BCUT2D eigenvalue weighted by Crippen LogP contribution is 2.23. The zero-order chi connectivity index (χ0) is 14.5. The molecule has 21 heavy (non-hydrogen) atoms. The van der Waals surface area contributed by atoms with E-state index in [0.29, 0.717) is 11.7 Å². The van der Waals surface area contributed by atoms with Crippen molar-refractivity contribution in [2.45, 2.75) is 25.7 Å². The number of rotatable bonds is 4. The largest absolute Gasteiger partial charge is 0.497 e. The van der Waals surface area contributed by atoms with Crippen LogP contribution in [0.3, 0.4) is 0 Å². The Kier molecular flexibility index (Phi) is 4.50. The molecule has 0 spiro atoms. The molecule has 1 fully saturated rings. The zero-order valence-electron chi connectivity index (χ0n) is 12.3. The van der Waals surface area contributed by atoms with Gasteiger partial charge in [-0.2, -0.15) is 4.98 Å². The molecule has 5 nitrogen and oxygen atoms in total. The van der Waals surface area contributed by atoms with Crippen molar-refractivity contribution in [1.82, 2.24) is 15.5 Å². The average molecular weight is 287 g/mol. The van der Waals surface area contributed by atoms with Gasteiger partial charge in [0.15, 0.2) is 0 Å². The monoisotopic (exact) mass is 287 g/mol. The van der Waals surface area contributed by atoms with Gasteiger partial charge in [-0.25, -0.2) is 0 Å². The second-order valence-electron chi connectivity index (χ2n) is 5.49. The summed E-state index contributed by atoms with van der Waals surface area (Å²) in [6.07, 6.45) is 4.50. The molecule has 1 saturated heterocycles. The van der Waals surface area contributed by atoms with Crippen molar-refractivity contribution in [3.05, 3.63) is 30.2 Å². The quantitative estimate of drug-likeness (QED) is 0.937. The average Bonchev–Trinajstić information content (AvgIpc) is 2.83. The number of nitrogens with one attached hydrogen (secondary N) is 1. The molecule has 1 unspecified atom stereocenters. The summed E-state index contributed by atoms with van der Waals surface area (Å²) in [5.41, 5.74) is 0.923. The van der Waals surface area contributed by atoms with E-state index >= 15 is 0 Å². The van der Waals surface area contributed by atoms with Gasteiger partial charge in [-0.1, -0.05) is 17.3 Å². The Morgan fingerprint density at radius 1 is 1.33 bits per heavy atom. The van der Waals surface area contributed by atoms with Gasteiger partial charge in [-0.3, -0.25) is 0 Å². The van der Waals surface area contributed by atoms with E-state index in [9.17, 15) is 0 Å². The van der Waals surface area contributed by atoms with Crippen LogP contribution >= 0.6 is 0 Å². The normalized spacial score (nSPS) is 19.2. The van der Waals surface area contributed by atoms with E-state index in [1.807, 2.05) is 24.3 Å². The molecule has 3 rings (SSSR count). The Morgan fingerprint density at radius 2 is 2.29 bits per heavy atom. The molecule has 0 aliphatic carbocycles. The molecule has 5 heteroatoms. The number of ether oxygens (including phenoxy) is 1. The maximum absolute atomic E-state index is 5.41. The van der Waals surface area contributed by atoms with Gasteiger partial charge in [0.1, 0.15) is 5.75 Å². The van der Waals surface area contributed by atoms with Crippen LogP contribution in [0.2, 0.25) is 0 Å². The second-order valence-corrected chi connectivity index (χ2v) is 5.49. The summed E-state index contributed by atoms with van der Waals surface area (Å²) in [7, 11) is 1.65. The molecule has 1 aliphatic rings. The van der Waals surface area contributed by atoms with Crippen LogP contribution in [0, 0.1) is 5.92 Å². The van der Waals surface area contributed by atoms with Gasteiger partial charge >= 0.3 is 0 Å². The predicted molar refractivity (Wildman–Crippen MR) is 80.2 cm³/mol. The lowest BCUT2D eigenvalue weighted by Crippen LogP contribution is -2.14. The minimum atomic E-state index is 0.635. The fourth-order valence-corrected chi connectivity index (χ4v) is 2.76. The zero-order valence-corrected chi connectivity index (χ0v) is 12.3. The van der Waals surface area contributed by atoms with Gasteiger partial charge in [0, 0.05) is 12.0 Å². The molecule has 1 aromatic carbocycles. The maximum Gasteiger partial charge on any atom is 0.227 e. The number of aromatic nitrogens is 2. The first-order valence-corrected chi connectivity index (χ1v) is 7.53. The second kappa shape index (κ2) is 6.72. The fourth-order valence-electron chi connectivity index (χ4n) is 2.76. The van der Waals surface area contributed by atoms with Crippen LogP contribution in [0.15, 0.2) is 28.8 Å². The van der Waals surface area contributed by atoms with Crippen molar-refractivity contribution in [2.75, 3.05) is 20.2 Å². The van der Waals surface area contributed by atoms with Crippen molar-refractivity contribution in [3.8, 4) is 17.1 Å². The maximum atomic E-state index is 5.41. The minimum Gasteiger partial charge on any atom is -0.497 e. The molecule has 0 bridgehead atoms. The van der Waals surface area contributed by atoms with E-state index in [4.69, 9.17) is 9.26 Å². The van der Waals surface area contributed by atoms with E-state index in [1.165, 1.54) is 19.3 Å². The molecule has 1 aliphatic heterocycles. The Morgan fingerprint density at radius 3 is 3.19 bits per heavy atom. The summed E-state index contributed by atoms with van der Waals surface area (Å²) < 4.78 is 10.6. The Labute approximate surface area is 124 Å². The van der Waals surface area contributed by atoms with Crippen LogP contribution in [0.5, 0.6) is 5.75 Å². The van der Waals surface area contributed by atoms with Crippen molar-refractivity contribution in [3.63, 3.8) is 0 Å². The summed E-state index contributed by atoms with van der Waals surface area (Å²) in [5, 5.41) is 7.52. The summed E-state index contributed by atoms with van der Waals surface area (Å²) in [4.78, 5) is 4.53. The van der Waals surface area contributed by atoms with Crippen LogP contribution in [0.25, 0.3) is 11.4 Å². The van der Waals surface area contributed by atoms with Gasteiger partial charge in [-0.05, 0) is 50.4 Å². The number of benzene rings is 1. The van der Waals surface area contributed by atoms with Crippen LogP contribution in [0.4, 0.5) is 0 Å². The standard InChI is InChI=1S/C16H21N3O2/c1-20-14-6-2-5-13(11-14)16-18-15(21-19-16)10-12-4-3-8-17-9-7-12/h2,5-6,11-12,17H,3-4,7-10H2,1H3. The highest BCUT2D eigenvalue weighted by atomic mass is 16.5. The van der Waals surface area contributed by atoms with E-state index < -0.39 is 0 Å². The molecule has 1 aromatic heterocycles. The molecule has 2 heterocycles. The SMILES string of the molecule is COc1cccc(-c2noc(CC3CCCNCC3)n2)c1. The van der Waals surface area contributed by atoms with E-state index in [1.54, 1.807) is 7.11 Å². The van der Waals surface area contributed by atoms with Crippen molar-refractivity contribution < 1.29 is 9.26 Å². The van der Waals surface area contributed by atoms with Crippen molar-refractivity contribution in [2.24, 2.45) is 5.92 Å². The van der Waals surface area contributed by atoms with Gasteiger partial charge < -0.3 is 14.6 Å². The van der Waals surface area contributed by atoms with E-state index in [2.05, 4.69) is 15.5 Å². The van der Waals surface area contributed by atoms with Crippen LogP contribution in [-0.2, 0) is 6.42 Å². The smallest absolute Gasteiger partial charge is 0.227 e. The first-order chi connectivity index (χ1) is 10.3. The number of hydrogen-bond donors (Lipinski definition) is 1. The molecular weight excluding hydrogens is 266 g/mol. The number of nitrogens with zero attached hydrogens (tertiary/aromatic N) is 2. The molecule has 1 atom stereocenters. The Bertz CT molecular complexity index is 574. The third-order valence-electron chi connectivity index (χ3n) is 3.95. The third kappa shape index (κ3) is 3.61. The first kappa shape index (κ1) is 14.1. The molecular formula is C16H21N3O2. The van der Waals surface area contributed by atoms with Crippen LogP contribution in [0.1, 0.15) is 25.2 Å². The molecule has 1 N–H and O–H groups in total. The molecule has 112 valence electrons. The predicted octanol–water partition coefficient (Wildman–Crippen LogP) is 2.68. The molecule has 0 saturated carbocycles. The van der Waals surface area contributed by atoms with Gasteiger partial charge in [0.25, 0.3) is 0 Å². The Balaban J connectivity index is 1.70. The van der Waals surface area contributed by atoms with Crippen LogP contribution in [-0.4, -0.2) is 30.3 Å². The Hall–Kier alpha value is -1.88.